The normalized spacial score (nSPS) is 17.8. The van der Waals surface area contributed by atoms with E-state index in [0.717, 1.165) is 30.1 Å². The zero-order valence-electron chi connectivity index (χ0n) is 11.5. The van der Waals surface area contributed by atoms with E-state index < -0.39 is 5.97 Å². The smallest absolute Gasteiger partial charge is 0.306 e. The number of aryl methyl sites for hydroxylation is 2. The van der Waals surface area contributed by atoms with Crippen LogP contribution < -0.4 is 0 Å². The van der Waals surface area contributed by atoms with Crippen molar-refractivity contribution in [1.82, 2.24) is 9.97 Å². The van der Waals surface area contributed by atoms with Crippen LogP contribution in [-0.2, 0) is 24.1 Å². The second kappa shape index (κ2) is 5.12. The van der Waals surface area contributed by atoms with Gasteiger partial charge in [-0.15, -0.1) is 0 Å². The van der Waals surface area contributed by atoms with Crippen molar-refractivity contribution in [3.05, 3.63) is 52.6 Å². The lowest BCUT2D eigenvalue weighted by Gasteiger charge is -2.16. The summed E-state index contributed by atoms with van der Waals surface area (Å²) in [5, 5.41) is 9.10. The van der Waals surface area contributed by atoms with E-state index >= 15 is 0 Å². The monoisotopic (exact) mass is 270 g/mol. The maximum atomic E-state index is 11.1. The number of H-pyrrole nitrogens is 1. The van der Waals surface area contributed by atoms with Crippen molar-refractivity contribution < 1.29 is 9.90 Å². The molecular formula is C16H18N2O2. The Bertz CT molecular complexity index is 646. The highest BCUT2D eigenvalue weighted by Crippen LogP contribution is 2.24. The Kier molecular flexibility index (Phi) is 3.30. The van der Waals surface area contributed by atoms with Gasteiger partial charge in [-0.2, -0.15) is 0 Å². The molecule has 1 atom stereocenters. The Morgan fingerprint density at radius 1 is 1.50 bits per heavy atom. The number of hydrogen-bond donors (Lipinski definition) is 2. The third kappa shape index (κ3) is 2.59. The maximum absolute atomic E-state index is 11.1. The zero-order valence-corrected chi connectivity index (χ0v) is 11.5. The van der Waals surface area contributed by atoms with Crippen LogP contribution in [0.2, 0.25) is 0 Å². The Morgan fingerprint density at radius 3 is 3.10 bits per heavy atom. The van der Waals surface area contributed by atoms with Gasteiger partial charge in [0, 0.05) is 18.5 Å². The van der Waals surface area contributed by atoms with Gasteiger partial charge in [0.1, 0.15) is 5.82 Å². The molecule has 1 aliphatic carbocycles. The minimum atomic E-state index is -0.703. The molecule has 1 unspecified atom stereocenters. The number of imidazole rings is 1. The number of carbonyl (C=O) groups is 1. The molecule has 104 valence electrons. The topological polar surface area (TPSA) is 66.0 Å². The van der Waals surface area contributed by atoms with Gasteiger partial charge in [-0.3, -0.25) is 4.79 Å². The van der Waals surface area contributed by atoms with Crippen LogP contribution in [0, 0.1) is 12.8 Å². The molecule has 0 saturated heterocycles. The number of aromatic amines is 1. The van der Waals surface area contributed by atoms with Crippen molar-refractivity contribution >= 4 is 5.97 Å². The first-order valence-electron chi connectivity index (χ1n) is 6.97. The molecule has 0 amide bonds. The van der Waals surface area contributed by atoms with Crippen LogP contribution in [0.25, 0.3) is 0 Å². The molecule has 1 heterocycles. The number of nitrogens with zero attached hydrogens (tertiary/aromatic N) is 1. The summed E-state index contributed by atoms with van der Waals surface area (Å²) in [6.45, 7) is 2.08. The molecule has 0 radical (unpaired) electrons. The predicted octanol–water partition coefficient (Wildman–Crippen LogP) is 2.50. The number of carboxylic acid groups (broad SMARTS) is 1. The van der Waals surface area contributed by atoms with Crippen LogP contribution in [0.1, 0.15) is 34.8 Å². The van der Waals surface area contributed by atoms with Crippen molar-refractivity contribution in [3.63, 3.8) is 0 Å². The number of aliphatic carboxylic acids is 1. The van der Waals surface area contributed by atoms with Gasteiger partial charge in [0.05, 0.1) is 11.6 Å². The molecule has 4 nitrogen and oxygen atoms in total. The van der Waals surface area contributed by atoms with Crippen LogP contribution in [0.15, 0.2) is 24.3 Å². The second-order valence-electron chi connectivity index (χ2n) is 5.55. The van der Waals surface area contributed by atoms with Gasteiger partial charge < -0.3 is 10.1 Å². The molecule has 0 bridgehead atoms. The van der Waals surface area contributed by atoms with Crippen molar-refractivity contribution in [3.8, 4) is 0 Å². The Morgan fingerprint density at radius 2 is 2.35 bits per heavy atom. The highest BCUT2D eigenvalue weighted by molar-refractivity contribution is 5.70. The Labute approximate surface area is 117 Å². The molecule has 20 heavy (non-hydrogen) atoms. The lowest BCUT2D eigenvalue weighted by Crippen LogP contribution is -2.22. The fourth-order valence-corrected chi connectivity index (χ4v) is 2.85. The number of nitrogens with one attached hydrogen (secondary N) is 1. The molecule has 1 aromatic heterocycles. The molecule has 4 heteroatoms. The average Bonchev–Trinajstić information content (AvgIpc) is 2.79. The molecule has 1 aliphatic rings. The SMILES string of the molecule is Cc1cccc(Cc2nc3c([nH]2)CC(C(=O)O)CC3)c1. The summed E-state index contributed by atoms with van der Waals surface area (Å²) in [6.07, 6.45) is 2.80. The standard InChI is InChI=1S/C16H18N2O2/c1-10-3-2-4-11(7-10)8-15-17-13-6-5-12(16(19)20)9-14(13)18-15/h2-4,7,12H,5-6,8-9H2,1H3,(H,17,18)(H,19,20). The second-order valence-corrected chi connectivity index (χ2v) is 5.55. The molecule has 3 rings (SSSR count). The van der Waals surface area contributed by atoms with E-state index in [9.17, 15) is 4.79 Å². The number of fused-ring (bicyclic) bond motifs is 1. The van der Waals surface area contributed by atoms with Crippen molar-refractivity contribution in [2.75, 3.05) is 0 Å². The quantitative estimate of drug-likeness (QED) is 0.900. The summed E-state index contributed by atoms with van der Waals surface area (Å²) in [4.78, 5) is 19.0. The van der Waals surface area contributed by atoms with Crippen LogP contribution in [0.3, 0.4) is 0 Å². The van der Waals surface area contributed by atoms with E-state index in [4.69, 9.17) is 5.11 Å². The van der Waals surface area contributed by atoms with E-state index in [1.54, 1.807) is 0 Å². The molecule has 1 aromatic carbocycles. The summed E-state index contributed by atoms with van der Waals surface area (Å²) in [7, 11) is 0. The predicted molar refractivity (Wildman–Crippen MR) is 75.7 cm³/mol. The molecule has 0 saturated carbocycles. The fraction of sp³-hybridized carbons (Fsp3) is 0.375. The van der Waals surface area contributed by atoms with Crippen LogP contribution in [-0.4, -0.2) is 21.0 Å². The molecule has 2 aromatic rings. The van der Waals surface area contributed by atoms with Crippen LogP contribution in [0.4, 0.5) is 0 Å². The fourth-order valence-electron chi connectivity index (χ4n) is 2.85. The minimum absolute atomic E-state index is 0.269. The lowest BCUT2D eigenvalue weighted by atomic mass is 9.90. The van der Waals surface area contributed by atoms with Gasteiger partial charge in [-0.05, 0) is 25.3 Å². The van der Waals surface area contributed by atoms with E-state index in [1.807, 2.05) is 6.07 Å². The average molecular weight is 270 g/mol. The van der Waals surface area contributed by atoms with E-state index in [-0.39, 0.29) is 5.92 Å². The molecule has 0 spiro atoms. The largest absolute Gasteiger partial charge is 0.481 e. The third-order valence-electron chi connectivity index (χ3n) is 3.90. The number of rotatable bonds is 3. The van der Waals surface area contributed by atoms with Gasteiger partial charge in [0.2, 0.25) is 0 Å². The molecule has 0 aliphatic heterocycles. The number of carboxylic acids is 1. The summed E-state index contributed by atoms with van der Waals surface area (Å²) in [6, 6.07) is 8.37. The zero-order chi connectivity index (χ0) is 14.1. The van der Waals surface area contributed by atoms with E-state index in [2.05, 4.69) is 35.1 Å². The molecule has 2 N–H and O–H groups in total. The first-order chi connectivity index (χ1) is 9.61. The maximum Gasteiger partial charge on any atom is 0.306 e. The van der Waals surface area contributed by atoms with Gasteiger partial charge in [-0.1, -0.05) is 29.8 Å². The third-order valence-corrected chi connectivity index (χ3v) is 3.90. The van der Waals surface area contributed by atoms with Crippen LogP contribution in [0.5, 0.6) is 0 Å². The first kappa shape index (κ1) is 12.9. The summed E-state index contributed by atoms with van der Waals surface area (Å²) in [5.41, 5.74) is 4.52. The number of hydrogen-bond acceptors (Lipinski definition) is 2. The van der Waals surface area contributed by atoms with Gasteiger partial charge in [0.25, 0.3) is 0 Å². The minimum Gasteiger partial charge on any atom is -0.481 e. The summed E-state index contributed by atoms with van der Waals surface area (Å²) in [5.74, 6) is -0.0353. The van der Waals surface area contributed by atoms with E-state index in [1.165, 1.54) is 11.1 Å². The molecular weight excluding hydrogens is 252 g/mol. The first-order valence-corrected chi connectivity index (χ1v) is 6.97. The van der Waals surface area contributed by atoms with Crippen molar-refractivity contribution in [2.45, 2.75) is 32.6 Å². The van der Waals surface area contributed by atoms with Gasteiger partial charge in [-0.25, -0.2) is 4.98 Å². The highest BCUT2D eigenvalue weighted by atomic mass is 16.4. The summed E-state index contributed by atoms with van der Waals surface area (Å²) >= 11 is 0. The van der Waals surface area contributed by atoms with Crippen LogP contribution >= 0.6 is 0 Å². The van der Waals surface area contributed by atoms with Crippen molar-refractivity contribution in [1.29, 1.82) is 0 Å². The lowest BCUT2D eigenvalue weighted by molar-refractivity contribution is -0.142. The van der Waals surface area contributed by atoms with Gasteiger partial charge in [0.15, 0.2) is 0 Å². The van der Waals surface area contributed by atoms with E-state index in [0.29, 0.717) is 12.8 Å². The number of benzene rings is 1. The summed E-state index contributed by atoms with van der Waals surface area (Å²) < 4.78 is 0. The number of aromatic nitrogens is 2. The highest BCUT2D eigenvalue weighted by Gasteiger charge is 2.26. The molecule has 0 fully saturated rings. The van der Waals surface area contributed by atoms with Crippen molar-refractivity contribution in [2.24, 2.45) is 5.92 Å². The Hall–Kier alpha value is -2.10. The Balaban J connectivity index is 1.79. The van der Waals surface area contributed by atoms with Gasteiger partial charge >= 0.3 is 5.97 Å².